The third kappa shape index (κ3) is 3.44. The zero-order valence-corrected chi connectivity index (χ0v) is 13.5. The van der Waals surface area contributed by atoms with Crippen molar-refractivity contribution in [1.82, 2.24) is 15.0 Å². The second-order valence-electron chi connectivity index (χ2n) is 5.11. The van der Waals surface area contributed by atoms with Crippen LogP contribution in [-0.2, 0) is 11.3 Å². The summed E-state index contributed by atoms with van der Waals surface area (Å²) in [5, 5.41) is 8.41. The Balaban J connectivity index is 1.74. The molecule has 1 aromatic heterocycles. The Morgan fingerprint density at radius 2 is 1.83 bits per heavy atom. The first kappa shape index (κ1) is 16.1. The summed E-state index contributed by atoms with van der Waals surface area (Å²) in [5.74, 6) is -0.921. The highest BCUT2D eigenvalue weighted by Crippen LogP contribution is 2.15. The van der Waals surface area contributed by atoms with Gasteiger partial charge in [-0.2, -0.15) is 0 Å². The minimum atomic E-state index is -0.573. The standard InChI is InChI=1S/C17H13ClFN3O2/c1-11-16(17(23)24-10-12-2-4-13(18)5-3-12)20-21-22(11)15-8-6-14(19)7-9-15/h2-9H,10H2,1H3. The molecular formula is C17H13ClFN3O2. The van der Waals surface area contributed by atoms with E-state index >= 15 is 0 Å². The number of carbonyl (C=O) groups excluding carboxylic acids is 1. The van der Waals surface area contributed by atoms with Crippen molar-refractivity contribution in [2.45, 2.75) is 13.5 Å². The van der Waals surface area contributed by atoms with Crippen molar-refractivity contribution in [1.29, 1.82) is 0 Å². The van der Waals surface area contributed by atoms with E-state index in [1.807, 2.05) is 0 Å². The van der Waals surface area contributed by atoms with Crippen LogP contribution in [0, 0.1) is 12.7 Å². The summed E-state index contributed by atoms with van der Waals surface area (Å²) in [6, 6.07) is 12.7. The Hall–Kier alpha value is -2.73. The summed E-state index contributed by atoms with van der Waals surface area (Å²) in [6.45, 7) is 1.81. The first-order chi connectivity index (χ1) is 11.5. The molecule has 0 radical (unpaired) electrons. The highest BCUT2D eigenvalue weighted by atomic mass is 35.5. The van der Waals surface area contributed by atoms with Crippen LogP contribution in [-0.4, -0.2) is 21.0 Å². The van der Waals surface area contributed by atoms with Gasteiger partial charge in [0, 0.05) is 5.02 Å². The van der Waals surface area contributed by atoms with Gasteiger partial charge in [0.05, 0.1) is 11.4 Å². The normalized spacial score (nSPS) is 10.6. The lowest BCUT2D eigenvalue weighted by atomic mass is 10.2. The predicted molar refractivity (Wildman–Crippen MR) is 86.6 cm³/mol. The molecule has 0 N–H and O–H groups in total. The third-order valence-electron chi connectivity index (χ3n) is 3.44. The first-order valence-corrected chi connectivity index (χ1v) is 7.52. The van der Waals surface area contributed by atoms with Gasteiger partial charge in [-0.15, -0.1) is 5.10 Å². The van der Waals surface area contributed by atoms with Gasteiger partial charge >= 0.3 is 5.97 Å². The molecule has 0 aliphatic rings. The SMILES string of the molecule is Cc1c(C(=O)OCc2ccc(Cl)cc2)nnn1-c1ccc(F)cc1. The minimum absolute atomic E-state index is 0.110. The Morgan fingerprint density at radius 1 is 1.17 bits per heavy atom. The maximum atomic E-state index is 13.0. The molecular weight excluding hydrogens is 333 g/mol. The van der Waals surface area contributed by atoms with E-state index in [1.54, 1.807) is 43.3 Å². The molecule has 0 saturated heterocycles. The Kier molecular flexibility index (Phi) is 4.57. The first-order valence-electron chi connectivity index (χ1n) is 7.14. The largest absolute Gasteiger partial charge is 0.456 e. The van der Waals surface area contributed by atoms with Crippen molar-refractivity contribution < 1.29 is 13.9 Å². The average molecular weight is 346 g/mol. The Bertz CT molecular complexity index is 861. The number of hydrogen-bond acceptors (Lipinski definition) is 4. The molecule has 0 atom stereocenters. The monoisotopic (exact) mass is 345 g/mol. The van der Waals surface area contributed by atoms with Gasteiger partial charge in [0.1, 0.15) is 12.4 Å². The molecule has 3 aromatic rings. The second-order valence-corrected chi connectivity index (χ2v) is 5.55. The molecule has 0 bridgehead atoms. The molecule has 2 aromatic carbocycles. The van der Waals surface area contributed by atoms with E-state index in [9.17, 15) is 9.18 Å². The van der Waals surface area contributed by atoms with Gasteiger partial charge in [0.15, 0.2) is 5.69 Å². The maximum absolute atomic E-state index is 13.0. The smallest absolute Gasteiger partial charge is 0.361 e. The van der Waals surface area contributed by atoms with E-state index in [-0.39, 0.29) is 18.1 Å². The molecule has 0 saturated carbocycles. The van der Waals surface area contributed by atoms with Crippen LogP contribution in [0.25, 0.3) is 5.69 Å². The van der Waals surface area contributed by atoms with Gasteiger partial charge in [-0.3, -0.25) is 0 Å². The lowest BCUT2D eigenvalue weighted by Gasteiger charge is -2.05. The fourth-order valence-electron chi connectivity index (χ4n) is 2.14. The zero-order chi connectivity index (χ0) is 17.1. The highest BCUT2D eigenvalue weighted by Gasteiger charge is 2.18. The van der Waals surface area contributed by atoms with E-state index in [2.05, 4.69) is 10.3 Å². The number of nitrogens with zero attached hydrogens (tertiary/aromatic N) is 3. The molecule has 122 valence electrons. The minimum Gasteiger partial charge on any atom is -0.456 e. The number of halogens is 2. The molecule has 0 fully saturated rings. The van der Waals surface area contributed by atoms with Gasteiger partial charge in [0.25, 0.3) is 0 Å². The van der Waals surface area contributed by atoms with Crippen LogP contribution in [0.5, 0.6) is 0 Å². The number of carbonyl (C=O) groups is 1. The number of esters is 1. The number of benzene rings is 2. The molecule has 7 heteroatoms. The van der Waals surface area contributed by atoms with Crippen molar-refractivity contribution in [3.63, 3.8) is 0 Å². The van der Waals surface area contributed by atoms with Gasteiger partial charge in [-0.1, -0.05) is 28.9 Å². The Labute approximate surface area is 142 Å². The lowest BCUT2D eigenvalue weighted by Crippen LogP contribution is -2.08. The fourth-order valence-corrected chi connectivity index (χ4v) is 2.27. The number of rotatable bonds is 4. The van der Waals surface area contributed by atoms with Crippen molar-refractivity contribution in [2.75, 3.05) is 0 Å². The van der Waals surface area contributed by atoms with E-state index in [0.29, 0.717) is 16.4 Å². The van der Waals surface area contributed by atoms with E-state index in [4.69, 9.17) is 16.3 Å². The van der Waals surface area contributed by atoms with Crippen LogP contribution in [0.2, 0.25) is 5.02 Å². The van der Waals surface area contributed by atoms with E-state index < -0.39 is 5.97 Å². The molecule has 1 heterocycles. The second kappa shape index (κ2) is 6.80. The van der Waals surface area contributed by atoms with E-state index in [0.717, 1.165) is 5.56 Å². The quantitative estimate of drug-likeness (QED) is 0.676. The molecule has 0 aliphatic carbocycles. The van der Waals surface area contributed by atoms with Gasteiger partial charge < -0.3 is 4.74 Å². The van der Waals surface area contributed by atoms with Crippen molar-refractivity contribution in [3.8, 4) is 5.69 Å². The van der Waals surface area contributed by atoms with E-state index in [1.165, 1.54) is 16.8 Å². The Morgan fingerprint density at radius 3 is 2.50 bits per heavy atom. The zero-order valence-electron chi connectivity index (χ0n) is 12.7. The molecule has 3 rings (SSSR count). The number of ether oxygens (including phenoxy) is 1. The summed E-state index contributed by atoms with van der Waals surface area (Å²) in [4.78, 5) is 12.2. The molecule has 0 aliphatic heterocycles. The summed E-state index contributed by atoms with van der Waals surface area (Å²) in [6.07, 6.45) is 0. The van der Waals surface area contributed by atoms with Crippen molar-refractivity contribution in [2.24, 2.45) is 0 Å². The molecule has 0 spiro atoms. The molecule has 0 unspecified atom stereocenters. The van der Waals surface area contributed by atoms with Crippen LogP contribution in [0.4, 0.5) is 4.39 Å². The number of aromatic nitrogens is 3. The average Bonchev–Trinajstić information content (AvgIpc) is 2.96. The third-order valence-corrected chi connectivity index (χ3v) is 3.69. The van der Waals surface area contributed by atoms with Crippen LogP contribution in [0.3, 0.4) is 0 Å². The summed E-state index contributed by atoms with van der Waals surface area (Å²) >= 11 is 5.81. The van der Waals surface area contributed by atoms with Gasteiger partial charge in [-0.25, -0.2) is 13.9 Å². The summed E-state index contributed by atoms with van der Waals surface area (Å²) in [7, 11) is 0. The number of hydrogen-bond donors (Lipinski definition) is 0. The highest BCUT2D eigenvalue weighted by molar-refractivity contribution is 6.30. The maximum Gasteiger partial charge on any atom is 0.361 e. The van der Waals surface area contributed by atoms with Gasteiger partial charge in [-0.05, 0) is 48.9 Å². The molecule has 5 nitrogen and oxygen atoms in total. The predicted octanol–water partition coefficient (Wildman–Crippen LogP) is 3.73. The lowest BCUT2D eigenvalue weighted by molar-refractivity contribution is 0.0464. The van der Waals surface area contributed by atoms with Gasteiger partial charge in [0.2, 0.25) is 0 Å². The molecule has 24 heavy (non-hydrogen) atoms. The van der Waals surface area contributed by atoms with Crippen LogP contribution in [0.1, 0.15) is 21.7 Å². The van der Waals surface area contributed by atoms with Crippen molar-refractivity contribution in [3.05, 3.63) is 76.3 Å². The summed E-state index contributed by atoms with van der Waals surface area (Å²) in [5.41, 5.74) is 2.06. The van der Waals surface area contributed by atoms with Crippen LogP contribution < -0.4 is 0 Å². The summed E-state index contributed by atoms with van der Waals surface area (Å²) < 4.78 is 19.7. The topological polar surface area (TPSA) is 57.0 Å². The molecule has 0 amide bonds. The van der Waals surface area contributed by atoms with Crippen LogP contribution >= 0.6 is 11.6 Å². The fraction of sp³-hybridized carbons (Fsp3) is 0.118. The van der Waals surface area contributed by atoms with Crippen LogP contribution in [0.15, 0.2) is 48.5 Å². The van der Waals surface area contributed by atoms with Crippen molar-refractivity contribution >= 4 is 17.6 Å².